The summed E-state index contributed by atoms with van der Waals surface area (Å²) in [6.45, 7) is 5.68. The summed E-state index contributed by atoms with van der Waals surface area (Å²) in [4.78, 5) is 31.6. The van der Waals surface area contributed by atoms with Crippen molar-refractivity contribution in [2.24, 2.45) is 4.99 Å². The van der Waals surface area contributed by atoms with Gasteiger partial charge in [-0.25, -0.2) is 4.99 Å². The quantitative estimate of drug-likeness (QED) is 0.224. The van der Waals surface area contributed by atoms with Gasteiger partial charge in [0.1, 0.15) is 12.6 Å². The van der Waals surface area contributed by atoms with E-state index in [1.165, 1.54) is 24.8 Å². The minimum atomic E-state index is -0.877. The van der Waals surface area contributed by atoms with E-state index in [2.05, 4.69) is 0 Å². The molecular weight excluding hydrogens is 502 g/mol. The molecule has 0 fully saturated rings. The number of amidine groups is 1. The Kier molecular flexibility index (Phi) is 8.48. The number of aliphatic imine (C=N–C) groups is 1. The molecule has 8 nitrogen and oxygen atoms in total. The van der Waals surface area contributed by atoms with Crippen LogP contribution in [0.3, 0.4) is 0 Å². The molecular formula is C29H29N3O5S. The fourth-order valence-electron chi connectivity index (χ4n) is 4.45. The van der Waals surface area contributed by atoms with Crippen molar-refractivity contribution in [2.75, 3.05) is 17.8 Å². The van der Waals surface area contributed by atoms with Crippen molar-refractivity contribution in [2.45, 2.75) is 33.4 Å². The van der Waals surface area contributed by atoms with Crippen LogP contribution in [0.4, 0.5) is 11.4 Å². The highest BCUT2D eigenvalue weighted by Crippen LogP contribution is 2.45. The molecule has 0 radical (unpaired) electrons. The molecule has 196 valence electrons. The topological polar surface area (TPSA) is 94.3 Å². The predicted octanol–water partition coefficient (Wildman–Crippen LogP) is 6.72. The van der Waals surface area contributed by atoms with E-state index in [1.807, 2.05) is 85.7 Å². The molecule has 38 heavy (non-hydrogen) atoms. The van der Waals surface area contributed by atoms with Crippen molar-refractivity contribution >= 4 is 34.1 Å². The second-order valence-electron chi connectivity index (χ2n) is 8.57. The third-order valence-electron chi connectivity index (χ3n) is 6.13. The van der Waals surface area contributed by atoms with E-state index in [1.54, 1.807) is 6.07 Å². The lowest BCUT2D eigenvalue weighted by atomic mass is 9.91. The van der Waals surface area contributed by atoms with Crippen LogP contribution in [-0.4, -0.2) is 28.7 Å². The van der Waals surface area contributed by atoms with E-state index in [-0.39, 0.29) is 29.4 Å². The van der Waals surface area contributed by atoms with Crippen molar-refractivity contribution in [3.63, 3.8) is 0 Å². The lowest BCUT2D eigenvalue weighted by molar-refractivity contribution is -0.385. The minimum Gasteiger partial charge on any atom is -0.490 e. The number of anilines is 1. The van der Waals surface area contributed by atoms with Crippen LogP contribution in [0, 0.1) is 10.1 Å². The molecule has 0 saturated heterocycles. The minimum absolute atomic E-state index is 0.189. The lowest BCUT2D eigenvalue weighted by Gasteiger charge is -2.34. The molecule has 0 aromatic heterocycles. The summed E-state index contributed by atoms with van der Waals surface area (Å²) < 4.78 is 11.8. The van der Waals surface area contributed by atoms with Crippen molar-refractivity contribution < 1.29 is 19.2 Å². The summed E-state index contributed by atoms with van der Waals surface area (Å²) in [5.41, 5.74) is 2.91. The van der Waals surface area contributed by atoms with Crippen LogP contribution in [0.15, 0.2) is 89.1 Å². The number of benzene rings is 3. The molecule has 0 aliphatic carbocycles. The molecule has 1 aliphatic rings. The van der Waals surface area contributed by atoms with E-state index in [9.17, 15) is 14.9 Å². The van der Waals surface area contributed by atoms with Gasteiger partial charge in [0.15, 0.2) is 22.4 Å². The number of hydrogen-bond donors (Lipinski definition) is 0. The Balaban J connectivity index is 1.85. The van der Waals surface area contributed by atoms with Crippen LogP contribution in [0.25, 0.3) is 0 Å². The number of Topliss-reactive ketones (excluding diaryl/α,β-unsaturated/α-hetero) is 1. The van der Waals surface area contributed by atoms with Crippen LogP contribution in [0.5, 0.6) is 11.5 Å². The average molecular weight is 532 g/mol. The summed E-state index contributed by atoms with van der Waals surface area (Å²) in [6.07, 6.45) is 1.89. The number of para-hydroxylation sites is 1. The monoisotopic (exact) mass is 531 g/mol. The van der Waals surface area contributed by atoms with E-state index in [4.69, 9.17) is 14.5 Å². The zero-order valence-corrected chi connectivity index (χ0v) is 22.5. The van der Waals surface area contributed by atoms with Crippen molar-refractivity contribution in [3.8, 4) is 11.5 Å². The summed E-state index contributed by atoms with van der Waals surface area (Å²) in [5.74, 6) is 0.400. The van der Waals surface area contributed by atoms with Crippen LogP contribution in [-0.2, 0) is 11.4 Å². The van der Waals surface area contributed by atoms with Gasteiger partial charge >= 0.3 is 0 Å². The largest absolute Gasteiger partial charge is 0.490 e. The Morgan fingerprint density at radius 2 is 1.68 bits per heavy atom. The van der Waals surface area contributed by atoms with E-state index < -0.39 is 11.0 Å². The number of allylic oxidation sites excluding steroid dienone is 1. The number of carbonyl (C=O) groups excluding carboxylic acids is 1. The fraction of sp³-hybridized carbons (Fsp3) is 0.241. The first-order chi connectivity index (χ1) is 18.3. The normalized spacial score (nSPS) is 15.2. The Bertz CT molecular complexity index is 1390. The van der Waals surface area contributed by atoms with Gasteiger partial charge in [0.05, 0.1) is 23.2 Å². The highest BCUT2D eigenvalue weighted by molar-refractivity contribution is 8.13. The molecule has 0 unspecified atom stereocenters. The van der Waals surface area contributed by atoms with Crippen LogP contribution < -0.4 is 14.4 Å². The molecule has 0 bridgehead atoms. The van der Waals surface area contributed by atoms with Crippen LogP contribution in [0.2, 0.25) is 0 Å². The summed E-state index contributed by atoms with van der Waals surface area (Å²) >= 11 is 1.41. The number of nitro benzene ring substituents is 1. The van der Waals surface area contributed by atoms with Gasteiger partial charge in [-0.1, -0.05) is 60.3 Å². The molecule has 1 atom stereocenters. The van der Waals surface area contributed by atoms with E-state index >= 15 is 0 Å². The number of ketones is 1. The Morgan fingerprint density at radius 3 is 2.26 bits per heavy atom. The third-order valence-corrected chi connectivity index (χ3v) is 6.78. The number of rotatable bonds is 9. The lowest BCUT2D eigenvalue weighted by Crippen LogP contribution is -2.34. The molecule has 0 spiro atoms. The molecule has 4 rings (SSSR count). The zero-order chi connectivity index (χ0) is 27.2. The predicted molar refractivity (Wildman–Crippen MR) is 151 cm³/mol. The van der Waals surface area contributed by atoms with Crippen molar-refractivity contribution in [1.29, 1.82) is 0 Å². The molecule has 3 aromatic carbocycles. The first-order valence-electron chi connectivity index (χ1n) is 12.2. The van der Waals surface area contributed by atoms with Gasteiger partial charge in [0, 0.05) is 17.0 Å². The van der Waals surface area contributed by atoms with Crippen molar-refractivity contribution in [3.05, 3.63) is 105 Å². The van der Waals surface area contributed by atoms with Gasteiger partial charge in [-0.2, -0.15) is 0 Å². The second-order valence-corrected chi connectivity index (χ2v) is 9.34. The van der Waals surface area contributed by atoms with Gasteiger partial charge in [-0.3, -0.25) is 19.8 Å². The summed E-state index contributed by atoms with van der Waals surface area (Å²) in [7, 11) is 0. The molecule has 1 aliphatic heterocycles. The average Bonchev–Trinajstić information content (AvgIpc) is 2.92. The Hall–Kier alpha value is -4.11. The summed E-state index contributed by atoms with van der Waals surface area (Å²) in [6, 6.07) is 21.2. The highest BCUT2D eigenvalue weighted by Gasteiger charge is 2.36. The molecule has 1 heterocycles. The number of ether oxygens (including phenoxy) is 2. The van der Waals surface area contributed by atoms with Gasteiger partial charge in [-0.15, -0.1) is 0 Å². The molecule has 0 saturated carbocycles. The van der Waals surface area contributed by atoms with Gasteiger partial charge < -0.3 is 9.47 Å². The second kappa shape index (κ2) is 12.0. The first-order valence-corrected chi connectivity index (χ1v) is 13.4. The fourth-order valence-corrected chi connectivity index (χ4v) is 5.09. The maximum Gasteiger partial charge on any atom is 0.279 e. The maximum absolute atomic E-state index is 13.0. The Labute approximate surface area is 226 Å². The van der Waals surface area contributed by atoms with E-state index in [0.29, 0.717) is 28.8 Å². The molecule has 3 aromatic rings. The number of thioether (sulfide) groups is 1. The van der Waals surface area contributed by atoms with Crippen LogP contribution >= 0.6 is 11.8 Å². The number of nitrogens with zero attached hydrogens (tertiary/aromatic N) is 3. The zero-order valence-electron chi connectivity index (χ0n) is 21.7. The maximum atomic E-state index is 13.0. The molecule has 0 amide bonds. The molecule has 9 heteroatoms. The first kappa shape index (κ1) is 26.9. The van der Waals surface area contributed by atoms with E-state index in [0.717, 1.165) is 11.3 Å². The molecule has 0 N–H and O–H groups in total. The van der Waals surface area contributed by atoms with Crippen LogP contribution in [0.1, 0.15) is 37.9 Å². The number of carbonyl (C=O) groups is 1. The number of hydrogen-bond acceptors (Lipinski definition) is 8. The highest BCUT2D eigenvalue weighted by atomic mass is 32.2. The summed E-state index contributed by atoms with van der Waals surface area (Å²) in [5, 5.41) is 12.9. The SMILES string of the molecule is CCOc1cc([C@@H]2N=C(SC)N(c3ccccc3)C(C)=C2C(C)=O)c([N+](=O)[O-])cc1OCc1ccccc1. The standard InChI is InChI=1S/C29H29N3O5S/c1-5-36-25-16-23(24(32(34)35)17-26(25)37-18-21-12-8-6-9-13-21)28-27(20(3)33)19(2)31(29(30-28)38-4)22-14-10-7-11-15-22/h6-17,28H,5,18H2,1-4H3/t28-/m0/s1. The van der Waals surface area contributed by atoms with Gasteiger partial charge in [0.25, 0.3) is 5.69 Å². The Morgan fingerprint density at radius 1 is 1.05 bits per heavy atom. The van der Waals surface area contributed by atoms with Crippen molar-refractivity contribution in [1.82, 2.24) is 0 Å². The van der Waals surface area contributed by atoms with Gasteiger partial charge in [0.2, 0.25) is 0 Å². The third kappa shape index (κ3) is 5.57. The smallest absolute Gasteiger partial charge is 0.279 e. The number of nitro groups is 1. The van der Waals surface area contributed by atoms with Gasteiger partial charge in [-0.05, 0) is 50.8 Å².